The summed E-state index contributed by atoms with van der Waals surface area (Å²) in [6.07, 6.45) is 1.74. The third kappa shape index (κ3) is 3.13. The van der Waals surface area contributed by atoms with Crippen molar-refractivity contribution in [1.82, 2.24) is 15.5 Å². The lowest BCUT2D eigenvalue weighted by Gasteiger charge is -2.22. The number of urea groups is 1. The van der Waals surface area contributed by atoms with Crippen molar-refractivity contribution in [3.05, 3.63) is 71.0 Å². The van der Waals surface area contributed by atoms with Crippen LogP contribution >= 0.6 is 0 Å². The Morgan fingerprint density at radius 1 is 1.14 bits per heavy atom. The molecular formula is C21H20FN3O3. The number of carbonyl (C=O) groups excluding carboxylic acids is 3. The van der Waals surface area contributed by atoms with Crippen LogP contribution in [0.2, 0.25) is 0 Å². The van der Waals surface area contributed by atoms with Gasteiger partial charge in [-0.05, 0) is 48.1 Å². The van der Waals surface area contributed by atoms with Gasteiger partial charge in [0.2, 0.25) is 5.91 Å². The molecule has 144 valence electrons. The number of halogens is 1. The zero-order valence-electron chi connectivity index (χ0n) is 15.2. The number of imide groups is 1. The highest BCUT2D eigenvalue weighted by Gasteiger charge is 2.55. The van der Waals surface area contributed by atoms with Crippen LogP contribution in [0.15, 0.2) is 48.5 Å². The van der Waals surface area contributed by atoms with E-state index in [1.54, 1.807) is 12.1 Å². The van der Waals surface area contributed by atoms with Crippen molar-refractivity contribution in [1.29, 1.82) is 0 Å². The number of nitrogens with zero attached hydrogens (tertiary/aromatic N) is 1. The molecule has 2 aliphatic rings. The molecule has 1 spiro atoms. The summed E-state index contributed by atoms with van der Waals surface area (Å²) in [4.78, 5) is 38.6. The minimum Gasteiger partial charge on any atom is -0.354 e. The van der Waals surface area contributed by atoms with E-state index >= 15 is 0 Å². The van der Waals surface area contributed by atoms with E-state index in [0.717, 1.165) is 21.6 Å². The monoisotopic (exact) mass is 381 g/mol. The maximum absolute atomic E-state index is 13.0. The van der Waals surface area contributed by atoms with Crippen LogP contribution in [0.3, 0.4) is 0 Å². The molecule has 1 fully saturated rings. The fourth-order valence-corrected chi connectivity index (χ4v) is 3.93. The highest BCUT2D eigenvalue weighted by atomic mass is 19.1. The fourth-order valence-electron chi connectivity index (χ4n) is 3.93. The minimum absolute atomic E-state index is 0.311. The number of amides is 4. The van der Waals surface area contributed by atoms with E-state index in [0.29, 0.717) is 25.8 Å². The average molecular weight is 381 g/mol. The molecule has 1 unspecified atom stereocenters. The van der Waals surface area contributed by atoms with Crippen molar-refractivity contribution in [3.63, 3.8) is 0 Å². The smallest absolute Gasteiger partial charge is 0.325 e. The van der Waals surface area contributed by atoms with E-state index in [1.807, 2.05) is 24.3 Å². The third-order valence-corrected chi connectivity index (χ3v) is 5.37. The van der Waals surface area contributed by atoms with Crippen molar-refractivity contribution >= 4 is 17.8 Å². The Morgan fingerprint density at radius 3 is 2.68 bits per heavy atom. The van der Waals surface area contributed by atoms with Crippen LogP contribution in [-0.2, 0) is 28.0 Å². The molecule has 2 aromatic carbocycles. The topological polar surface area (TPSA) is 78.5 Å². The molecule has 0 radical (unpaired) electrons. The van der Waals surface area contributed by atoms with Crippen LogP contribution < -0.4 is 10.6 Å². The van der Waals surface area contributed by atoms with Crippen LogP contribution in [0.5, 0.6) is 0 Å². The van der Waals surface area contributed by atoms with Gasteiger partial charge in [0.25, 0.3) is 5.91 Å². The molecular weight excluding hydrogens is 361 g/mol. The summed E-state index contributed by atoms with van der Waals surface area (Å²) in [5, 5.41) is 5.51. The summed E-state index contributed by atoms with van der Waals surface area (Å²) in [7, 11) is 0. The molecule has 6 nitrogen and oxygen atoms in total. The standard InChI is InChI=1S/C21H20FN3O3/c22-16-7-5-14(6-8-16)10-12-23-18(26)13-25-19(27)21(24-20(25)28)11-9-15-3-1-2-4-17(15)21/h1-8H,9-13H2,(H,23,26)(H,24,28). The lowest BCUT2D eigenvalue weighted by Crippen LogP contribution is -2.44. The van der Waals surface area contributed by atoms with Gasteiger partial charge in [0.05, 0.1) is 0 Å². The summed E-state index contributed by atoms with van der Waals surface area (Å²) < 4.78 is 12.9. The molecule has 1 aliphatic heterocycles. The Labute approximate surface area is 161 Å². The Kier molecular flexibility index (Phi) is 4.58. The number of aryl methyl sites for hydroxylation is 1. The van der Waals surface area contributed by atoms with Gasteiger partial charge in [-0.2, -0.15) is 0 Å². The van der Waals surface area contributed by atoms with Gasteiger partial charge in [-0.1, -0.05) is 36.4 Å². The van der Waals surface area contributed by atoms with Gasteiger partial charge in [-0.25, -0.2) is 9.18 Å². The molecule has 0 saturated carbocycles. The first kappa shape index (κ1) is 18.2. The first-order valence-electron chi connectivity index (χ1n) is 9.23. The molecule has 1 atom stereocenters. The van der Waals surface area contributed by atoms with Crippen LogP contribution in [0.4, 0.5) is 9.18 Å². The van der Waals surface area contributed by atoms with E-state index in [2.05, 4.69) is 10.6 Å². The Bertz CT molecular complexity index is 944. The predicted molar refractivity (Wildman–Crippen MR) is 99.8 cm³/mol. The molecule has 1 saturated heterocycles. The summed E-state index contributed by atoms with van der Waals surface area (Å²) >= 11 is 0. The number of nitrogens with one attached hydrogen (secondary N) is 2. The third-order valence-electron chi connectivity index (χ3n) is 5.37. The van der Waals surface area contributed by atoms with Crippen LogP contribution in [0.25, 0.3) is 0 Å². The minimum atomic E-state index is -1.05. The summed E-state index contributed by atoms with van der Waals surface area (Å²) in [5.41, 5.74) is 1.69. The average Bonchev–Trinajstić information content (AvgIpc) is 3.17. The van der Waals surface area contributed by atoms with Gasteiger partial charge in [0.15, 0.2) is 0 Å². The molecule has 1 heterocycles. The van der Waals surface area contributed by atoms with Crippen molar-refractivity contribution in [3.8, 4) is 0 Å². The van der Waals surface area contributed by atoms with Gasteiger partial charge in [-0.15, -0.1) is 0 Å². The second kappa shape index (κ2) is 7.07. The lowest BCUT2D eigenvalue weighted by atomic mass is 9.92. The van der Waals surface area contributed by atoms with Gasteiger partial charge in [0.1, 0.15) is 17.9 Å². The van der Waals surface area contributed by atoms with Crippen molar-refractivity contribution in [2.75, 3.05) is 13.1 Å². The maximum atomic E-state index is 13.0. The zero-order valence-corrected chi connectivity index (χ0v) is 15.2. The summed E-state index contributed by atoms with van der Waals surface area (Å²) in [6.45, 7) is 0.0140. The Hall–Kier alpha value is -3.22. The molecule has 28 heavy (non-hydrogen) atoms. The number of carbonyl (C=O) groups is 3. The molecule has 1 aliphatic carbocycles. The number of rotatable bonds is 5. The van der Waals surface area contributed by atoms with E-state index < -0.39 is 17.5 Å². The van der Waals surface area contributed by atoms with Crippen molar-refractivity contribution in [2.24, 2.45) is 0 Å². The Balaban J connectivity index is 1.37. The SMILES string of the molecule is O=C(CN1C(=O)NC2(CCc3ccccc32)C1=O)NCCc1ccc(F)cc1. The Morgan fingerprint density at radius 2 is 1.89 bits per heavy atom. The largest absolute Gasteiger partial charge is 0.354 e. The zero-order chi connectivity index (χ0) is 19.7. The molecule has 0 bridgehead atoms. The summed E-state index contributed by atoms with van der Waals surface area (Å²) in [5.74, 6) is -1.10. The van der Waals surface area contributed by atoms with Crippen molar-refractivity contribution < 1.29 is 18.8 Å². The first-order chi connectivity index (χ1) is 13.5. The van der Waals surface area contributed by atoms with Crippen LogP contribution in [-0.4, -0.2) is 35.8 Å². The van der Waals surface area contributed by atoms with Gasteiger partial charge in [0, 0.05) is 6.54 Å². The van der Waals surface area contributed by atoms with Crippen LogP contribution in [0, 0.1) is 5.82 Å². The first-order valence-corrected chi connectivity index (χ1v) is 9.23. The lowest BCUT2D eigenvalue weighted by molar-refractivity contribution is -0.135. The summed E-state index contributed by atoms with van der Waals surface area (Å²) in [6, 6.07) is 13.0. The quantitative estimate of drug-likeness (QED) is 0.777. The normalized spacial score (nSPS) is 20.4. The van der Waals surface area contributed by atoms with E-state index in [9.17, 15) is 18.8 Å². The fraction of sp³-hybridized carbons (Fsp3) is 0.286. The number of hydrogen-bond acceptors (Lipinski definition) is 3. The predicted octanol–water partition coefficient (Wildman–Crippen LogP) is 1.88. The molecule has 4 amide bonds. The van der Waals surface area contributed by atoms with E-state index in [-0.39, 0.29) is 18.3 Å². The molecule has 2 aromatic rings. The molecule has 0 aromatic heterocycles. The maximum Gasteiger partial charge on any atom is 0.325 e. The second-order valence-corrected chi connectivity index (χ2v) is 7.11. The highest BCUT2D eigenvalue weighted by Crippen LogP contribution is 2.41. The number of fused-ring (bicyclic) bond motifs is 2. The second-order valence-electron chi connectivity index (χ2n) is 7.11. The van der Waals surface area contributed by atoms with E-state index in [4.69, 9.17) is 0 Å². The van der Waals surface area contributed by atoms with Gasteiger partial charge < -0.3 is 10.6 Å². The molecule has 7 heteroatoms. The van der Waals surface area contributed by atoms with E-state index in [1.165, 1.54) is 12.1 Å². The number of benzene rings is 2. The highest BCUT2D eigenvalue weighted by molar-refractivity contribution is 6.09. The molecule has 4 rings (SSSR count). The van der Waals surface area contributed by atoms with Gasteiger partial charge >= 0.3 is 6.03 Å². The van der Waals surface area contributed by atoms with Gasteiger partial charge in [-0.3, -0.25) is 14.5 Å². The van der Waals surface area contributed by atoms with Crippen molar-refractivity contribution in [2.45, 2.75) is 24.8 Å². The molecule has 2 N–H and O–H groups in total. The number of hydrogen-bond donors (Lipinski definition) is 2. The van der Waals surface area contributed by atoms with Crippen LogP contribution in [0.1, 0.15) is 23.1 Å².